The van der Waals surface area contributed by atoms with Gasteiger partial charge in [0.2, 0.25) is 11.8 Å². The molecule has 2 heterocycles. The first-order chi connectivity index (χ1) is 11.1. The lowest BCUT2D eigenvalue weighted by Gasteiger charge is -2.34. The van der Waals surface area contributed by atoms with Gasteiger partial charge in [-0.25, -0.2) is 0 Å². The maximum Gasteiger partial charge on any atom is 0.255 e. The van der Waals surface area contributed by atoms with Crippen LogP contribution >= 0.6 is 0 Å². The first-order valence-corrected chi connectivity index (χ1v) is 7.86. The quantitative estimate of drug-likeness (QED) is 0.847. The number of carbonyl (C=O) groups is 3. The molecule has 120 valence electrons. The number of hydrogen-bond acceptors (Lipinski definition) is 4. The van der Waals surface area contributed by atoms with Crippen LogP contribution in [0.15, 0.2) is 18.2 Å². The van der Waals surface area contributed by atoms with Gasteiger partial charge in [0.05, 0.1) is 12.1 Å². The number of hydrogen-bond donors (Lipinski definition) is 1. The minimum atomic E-state index is -0.555. The molecule has 0 bridgehead atoms. The van der Waals surface area contributed by atoms with Gasteiger partial charge in [-0.2, -0.15) is 0 Å². The van der Waals surface area contributed by atoms with Gasteiger partial charge in [0, 0.05) is 19.1 Å². The van der Waals surface area contributed by atoms with E-state index >= 15 is 0 Å². The van der Waals surface area contributed by atoms with E-state index in [1.54, 1.807) is 12.0 Å². The van der Waals surface area contributed by atoms with Gasteiger partial charge in [0.25, 0.3) is 5.91 Å². The normalized spacial score (nSPS) is 24.8. The van der Waals surface area contributed by atoms with Crippen molar-refractivity contribution in [1.29, 1.82) is 0 Å². The summed E-state index contributed by atoms with van der Waals surface area (Å²) in [4.78, 5) is 38.3. The highest BCUT2D eigenvalue weighted by Crippen LogP contribution is 2.57. The van der Waals surface area contributed by atoms with Crippen molar-refractivity contribution in [3.63, 3.8) is 0 Å². The van der Waals surface area contributed by atoms with Crippen LogP contribution in [0.25, 0.3) is 0 Å². The average Bonchev–Trinajstić information content (AvgIpc) is 3.27. The summed E-state index contributed by atoms with van der Waals surface area (Å²) in [6, 6.07) is 5.28. The molecule has 1 unspecified atom stereocenters. The van der Waals surface area contributed by atoms with E-state index in [1.807, 2.05) is 18.2 Å². The first-order valence-electron chi connectivity index (χ1n) is 7.86. The van der Waals surface area contributed by atoms with E-state index in [4.69, 9.17) is 4.74 Å². The monoisotopic (exact) mass is 314 g/mol. The highest BCUT2D eigenvalue weighted by molar-refractivity contribution is 6.06. The van der Waals surface area contributed by atoms with Crippen molar-refractivity contribution in [2.24, 2.45) is 0 Å². The Morgan fingerprint density at radius 1 is 1.30 bits per heavy atom. The summed E-state index contributed by atoms with van der Waals surface area (Å²) in [5, 5.41) is 2.36. The first kappa shape index (κ1) is 14.4. The van der Waals surface area contributed by atoms with Crippen molar-refractivity contribution in [3.05, 3.63) is 34.9 Å². The minimum Gasteiger partial charge on any atom is -0.380 e. The SMILES string of the molecule is COCc1ccc2c(c1)C(=O)N(C1CCC(=O)NC1=O)C21CC1. The molecule has 1 N–H and O–H groups in total. The van der Waals surface area contributed by atoms with E-state index in [0.29, 0.717) is 18.6 Å². The predicted octanol–water partition coefficient (Wildman–Crippen LogP) is 1.08. The third-order valence-electron chi connectivity index (χ3n) is 5.05. The fourth-order valence-corrected chi connectivity index (χ4v) is 3.88. The molecule has 6 heteroatoms. The van der Waals surface area contributed by atoms with E-state index in [0.717, 1.165) is 24.0 Å². The molecule has 6 nitrogen and oxygen atoms in total. The predicted molar refractivity (Wildman–Crippen MR) is 80.4 cm³/mol. The molecule has 2 fully saturated rings. The van der Waals surface area contributed by atoms with E-state index in [-0.39, 0.29) is 29.7 Å². The van der Waals surface area contributed by atoms with Gasteiger partial charge < -0.3 is 9.64 Å². The van der Waals surface area contributed by atoms with Gasteiger partial charge in [-0.05, 0) is 36.5 Å². The number of fused-ring (bicyclic) bond motifs is 2. The summed E-state index contributed by atoms with van der Waals surface area (Å²) in [6.07, 6.45) is 2.42. The van der Waals surface area contributed by atoms with Crippen molar-refractivity contribution >= 4 is 17.7 Å². The van der Waals surface area contributed by atoms with Crippen LogP contribution in [0, 0.1) is 0 Å². The van der Waals surface area contributed by atoms with Crippen LogP contribution in [0.2, 0.25) is 0 Å². The van der Waals surface area contributed by atoms with E-state index in [9.17, 15) is 14.4 Å². The van der Waals surface area contributed by atoms with Crippen molar-refractivity contribution < 1.29 is 19.1 Å². The van der Waals surface area contributed by atoms with Crippen LogP contribution in [0.5, 0.6) is 0 Å². The van der Waals surface area contributed by atoms with Crippen LogP contribution < -0.4 is 5.32 Å². The van der Waals surface area contributed by atoms with Gasteiger partial charge in [-0.15, -0.1) is 0 Å². The third-order valence-corrected chi connectivity index (χ3v) is 5.05. The second-order valence-electron chi connectivity index (χ2n) is 6.49. The summed E-state index contributed by atoms with van der Waals surface area (Å²) in [6.45, 7) is 0.450. The fraction of sp³-hybridized carbons (Fsp3) is 0.471. The Kier molecular flexibility index (Phi) is 3.06. The Morgan fingerprint density at radius 2 is 2.09 bits per heavy atom. The second-order valence-corrected chi connectivity index (χ2v) is 6.49. The Labute approximate surface area is 133 Å². The summed E-state index contributed by atoms with van der Waals surface area (Å²) in [5.74, 6) is -0.724. The molecule has 1 atom stereocenters. The van der Waals surface area contributed by atoms with Gasteiger partial charge >= 0.3 is 0 Å². The Morgan fingerprint density at radius 3 is 2.74 bits per heavy atom. The molecule has 1 saturated carbocycles. The zero-order valence-electron chi connectivity index (χ0n) is 12.9. The molecule has 3 aliphatic rings. The molecular weight excluding hydrogens is 296 g/mol. The van der Waals surface area contributed by atoms with Gasteiger partial charge in [-0.3, -0.25) is 19.7 Å². The van der Waals surface area contributed by atoms with Gasteiger partial charge in [-0.1, -0.05) is 12.1 Å². The van der Waals surface area contributed by atoms with Crippen LogP contribution in [0.1, 0.15) is 47.2 Å². The molecule has 1 spiro atoms. The fourth-order valence-electron chi connectivity index (χ4n) is 3.88. The maximum atomic E-state index is 13.0. The van der Waals surface area contributed by atoms with Crippen molar-refractivity contribution in [3.8, 4) is 0 Å². The summed E-state index contributed by atoms with van der Waals surface area (Å²) in [7, 11) is 1.62. The van der Waals surface area contributed by atoms with E-state index in [1.165, 1.54) is 0 Å². The van der Waals surface area contributed by atoms with Crippen LogP contribution in [-0.4, -0.2) is 35.8 Å². The Bertz CT molecular complexity index is 723. The number of imide groups is 1. The summed E-state index contributed by atoms with van der Waals surface area (Å²) < 4.78 is 5.14. The molecule has 23 heavy (non-hydrogen) atoms. The average molecular weight is 314 g/mol. The molecule has 1 aromatic carbocycles. The van der Waals surface area contributed by atoms with Crippen molar-refractivity contribution in [2.75, 3.05) is 7.11 Å². The summed E-state index contributed by atoms with van der Waals surface area (Å²) in [5.41, 5.74) is 2.27. The van der Waals surface area contributed by atoms with Crippen molar-refractivity contribution in [1.82, 2.24) is 10.2 Å². The molecule has 4 rings (SSSR count). The Balaban J connectivity index is 1.72. The number of piperidine rings is 1. The molecule has 2 aliphatic heterocycles. The lowest BCUT2D eigenvalue weighted by Crippen LogP contribution is -2.55. The number of carbonyl (C=O) groups excluding carboxylic acids is 3. The molecule has 1 aliphatic carbocycles. The standard InChI is InChI=1S/C17H18N2O4/c1-23-9-10-2-3-12-11(8-10)16(22)19(17(12)6-7-17)13-4-5-14(20)18-15(13)21/h2-3,8,13H,4-7,9H2,1H3,(H,18,20,21). The van der Waals surface area contributed by atoms with Gasteiger partial charge in [0.1, 0.15) is 6.04 Å². The largest absolute Gasteiger partial charge is 0.380 e. The highest BCUT2D eigenvalue weighted by atomic mass is 16.5. The lowest BCUT2D eigenvalue weighted by molar-refractivity contribution is -0.137. The maximum absolute atomic E-state index is 13.0. The minimum absolute atomic E-state index is 0.107. The van der Waals surface area contributed by atoms with Gasteiger partial charge in [0.15, 0.2) is 0 Å². The topological polar surface area (TPSA) is 75.7 Å². The number of amides is 3. The third kappa shape index (κ3) is 2.01. The zero-order chi connectivity index (χ0) is 16.2. The smallest absolute Gasteiger partial charge is 0.255 e. The molecule has 0 aromatic heterocycles. The van der Waals surface area contributed by atoms with Crippen LogP contribution in [0.4, 0.5) is 0 Å². The Hall–Kier alpha value is -2.21. The number of methoxy groups -OCH3 is 1. The molecule has 1 saturated heterocycles. The van der Waals surface area contributed by atoms with Crippen LogP contribution in [-0.2, 0) is 26.5 Å². The number of ether oxygens (including phenoxy) is 1. The molecule has 1 aromatic rings. The second kappa shape index (κ2) is 4.89. The van der Waals surface area contributed by atoms with E-state index < -0.39 is 6.04 Å². The zero-order valence-corrected chi connectivity index (χ0v) is 12.9. The number of rotatable bonds is 3. The number of nitrogens with one attached hydrogen (secondary N) is 1. The molecular formula is C17H18N2O4. The summed E-state index contributed by atoms with van der Waals surface area (Å²) >= 11 is 0. The van der Waals surface area contributed by atoms with Crippen molar-refractivity contribution in [2.45, 2.75) is 43.9 Å². The lowest BCUT2D eigenvalue weighted by atomic mass is 9.99. The highest BCUT2D eigenvalue weighted by Gasteiger charge is 2.61. The van der Waals surface area contributed by atoms with E-state index in [2.05, 4.69) is 5.32 Å². The number of benzene rings is 1. The molecule has 3 amide bonds. The van der Waals surface area contributed by atoms with Crippen LogP contribution in [0.3, 0.4) is 0 Å². The molecule has 0 radical (unpaired) electrons. The number of nitrogens with zero attached hydrogens (tertiary/aromatic N) is 1.